The highest BCUT2D eigenvalue weighted by Gasteiger charge is 2.28. The van der Waals surface area contributed by atoms with Gasteiger partial charge in [0.05, 0.1) is 0 Å². The highest BCUT2D eigenvalue weighted by molar-refractivity contribution is 5.32. The molecule has 1 nitrogen and oxygen atoms in total. The minimum Gasteiger partial charge on any atom is -0.316 e. The molecule has 1 fully saturated rings. The van der Waals surface area contributed by atoms with Gasteiger partial charge in [0.2, 0.25) is 0 Å². The van der Waals surface area contributed by atoms with Crippen LogP contribution < -0.4 is 5.32 Å². The van der Waals surface area contributed by atoms with Gasteiger partial charge < -0.3 is 5.32 Å². The number of nitrogens with one attached hydrogen (secondary N) is 1. The zero-order chi connectivity index (χ0) is 13.8. The van der Waals surface area contributed by atoms with Crippen molar-refractivity contribution in [2.24, 2.45) is 11.8 Å². The summed E-state index contributed by atoms with van der Waals surface area (Å²) in [6, 6.07) is 7.08. The van der Waals surface area contributed by atoms with E-state index in [1.165, 1.54) is 36.9 Å². The molecule has 1 aliphatic carbocycles. The molecule has 0 heterocycles. The molecule has 0 amide bonds. The number of aryl methyl sites for hydroxylation is 2. The van der Waals surface area contributed by atoms with Crippen LogP contribution in [0.2, 0.25) is 0 Å². The maximum absolute atomic E-state index is 3.66. The zero-order valence-corrected chi connectivity index (χ0v) is 13.0. The first kappa shape index (κ1) is 14.6. The summed E-state index contributed by atoms with van der Waals surface area (Å²) in [6.07, 6.45) is 4.16. The van der Waals surface area contributed by atoms with Gasteiger partial charge in [0.15, 0.2) is 0 Å². The molecule has 2 atom stereocenters. The average Bonchev–Trinajstić information content (AvgIpc) is 2.75. The molecule has 1 N–H and O–H groups in total. The lowest BCUT2D eigenvalue weighted by Gasteiger charge is -2.22. The SMILES string of the molecule is Cc1cc(C)cc(C2CCCC2CNCC(C)C)c1. The van der Waals surface area contributed by atoms with Crippen LogP contribution in [0.4, 0.5) is 0 Å². The monoisotopic (exact) mass is 259 g/mol. The van der Waals surface area contributed by atoms with Crippen molar-refractivity contribution in [3.63, 3.8) is 0 Å². The second-order valence-corrected chi connectivity index (χ2v) is 6.77. The molecule has 1 heteroatoms. The number of hydrogen-bond acceptors (Lipinski definition) is 1. The van der Waals surface area contributed by atoms with Crippen molar-refractivity contribution in [3.8, 4) is 0 Å². The Labute approximate surface area is 118 Å². The van der Waals surface area contributed by atoms with Crippen LogP contribution in [-0.4, -0.2) is 13.1 Å². The molecule has 1 aromatic carbocycles. The predicted octanol–water partition coefficient (Wildman–Crippen LogP) is 4.43. The third-order valence-electron chi connectivity index (χ3n) is 4.29. The summed E-state index contributed by atoms with van der Waals surface area (Å²) in [7, 11) is 0. The average molecular weight is 259 g/mol. The van der Waals surface area contributed by atoms with Crippen molar-refractivity contribution in [1.82, 2.24) is 5.32 Å². The largest absolute Gasteiger partial charge is 0.316 e. The lowest BCUT2D eigenvalue weighted by atomic mass is 9.87. The second-order valence-electron chi connectivity index (χ2n) is 6.77. The molecule has 0 aromatic heterocycles. The summed E-state index contributed by atoms with van der Waals surface area (Å²) < 4.78 is 0. The lowest BCUT2D eigenvalue weighted by Crippen LogP contribution is -2.27. The van der Waals surface area contributed by atoms with Gasteiger partial charge in [-0.2, -0.15) is 0 Å². The predicted molar refractivity (Wildman–Crippen MR) is 83.7 cm³/mol. The van der Waals surface area contributed by atoms with Gasteiger partial charge in [-0.1, -0.05) is 49.6 Å². The van der Waals surface area contributed by atoms with Gasteiger partial charge in [-0.3, -0.25) is 0 Å². The summed E-state index contributed by atoms with van der Waals surface area (Å²) in [5.41, 5.74) is 4.40. The van der Waals surface area contributed by atoms with Crippen LogP contribution in [0.5, 0.6) is 0 Å². The van der Waals surface area contributed by atoms with E-state index in [2.05, 4.69) is 51.2 Å². The molecular weight excluding hydrogens is 230 g/mol. The van der Waals surface area contributed by atoms with E-state index in [-0.39, 0.29) is 0 Å². The molecule has 0 radical (unpaired) electrons. The summed E-state index contributed by atoms with van der Waals surface area (Å²) in [5, 5.41) is 3.66. The molecule has 2 rings (SSSR count). The van der Waals surface area contributed by atoms with Crippen molar-refractivity contribution in [2.45, 2.75) is 52.9 Å². The fourth-order valence-electron chi connectivity index (χ4n) is 3.50. The molecular formula is C18H29N. The quantitative estimate of drug-likeness (QED) is 0.824. The van der Waals surface area contributed by atoms with Crippen LogP contribution in [0.1, 0.15) is 55.7 Å². The van der Waals surface area contributed by atoms with Crippen molar-refractivity contribution in [1.29, 1.82) is 0 Å². The Morgan fingerprint density at radius 3 is 2.42 bits per heavy atom. The Bertz CT molecular complexity index is 388. The maximum atomic E-state index is 3.66. The van der Waals surface area contributed by atoms with Gasteiger partial charge in [-0.15, -0.1) is 0 Å². The van der Waals surface area contributed by atoms with E-state index in [1.54, 1.807) is 5.56 Å². The molecule has 1 aliphatic rings. The van der Waals surface area contributed by atoms with Gasteiger partial charge in [-0.25, -0.2) is 0 Å². The molecule has 0 bridgehead atoms. The van der Waals surface area contributed by atoms with Crippen molar-refractivity contribution in [2.75, 3.05) is 13.1 Å². The minimum atomic E-state index is 0.751. The maximum Gasteiger partial charge on any atom is -0.00146 e. The standard InChI is InChI=1S/C18H29N/c1-13(2)11-19-12-16-6-5-7-18(16)17-9-14(3)8-15(4)10-17/h8-10,13,16,18-19H,5-7,11-12H2,1-4H3. The minimum absolute atomic E-state index is 0.751. The third-order valence-corrected chi connectivity index (χ3v) is 4.29. The van der Waals surface area contributed by atoms with E-state index in [9.17, 15) is 0 Å². The molecule has 0 spiro atoms. The molecule has 2 unspecified atom stereocenters. The van der Waals surface area contributed by atoms with Crippen LogP contribution in [0, 0.1) is 25.7 Å². The summed E-state index contributed by atoms with van der Waals surface area (Å²) in [5.74, 6) is 2.36. The summed E-state index contributed by atoms with van der Waals surface area (Å²) in [4.78, 5) is 0. The Kier molecular flexibility index (Phi) is 5.04. The smallest absolute Gasteiger partial charge is 0.00146 e. The van der Waals surface area contributed by atoms with Crippen molar-refractivity contribution >= 4 is 0 Å². The molecule has 106 valence electrons. The van der Waals surface area contributed by atoms with Crippen LogP contribution in [0.25, 0.3) is 0 Å². The lowest BCUT2D eigenvalue weighted by molar-refractivity contribution is 0.425. The van der Waals surface area contributed by atoms with Gasteiger partial charge in [0, 0.05) is 0 Å². The van der Waals surface area contributed by atoms with Gasteiger partial charge in [0.25, 0.3) is 0 Å². The van der Waals surface area contributed by atoms with E-state index in [4.69, 9.17) is 0 Å². The second kappa shape index (κ2) is 6.56. The first-order chi connectivity index (χ1) is 9.06. The fraction of sp³-hybridized carbons (Fsp3) is 0.667. The van der Waals surface area contributed by atoms with E-state index in [1.807, 2.05) is 0 Å². The number of rotatable bonds is 5. The number of benzene rings is 1. The first-order valence-electron chi connectivity index (χ1n) is 7.85. The highest BCUT2D eigenvalue weighted by Crippen LogP contribution is 2.39. The topological polar surface area (TPSA) is 12.0 Å². The van der Waals surface area contributed by atoms with Gasteiger partial charge >= 0.3 is 0 Å². The van der Waals surface area contributed by atoms with Gasteiger partial charge in [-0.05, 0) is 63.1 Å². The van der Waals surface area contributed by atoms with Crippen LogP contribution >= 0.6 is 0 Å². The molecule has 0 aliphatic heterocycles. The third kappa shape index (κ3) is 4.07. The first-order valence-corrected chi connectivity index (χ1v) is 7.85. The molecule has 19 heavy (non-hydrogen) atoms. The molecule has 0 saturated heterocycles. The Morgan fingerprint density at radius 2 is 1.79 bits per heavy atom. The van der Waals surface area contributed by atoms with Crippen LogP contribution in [0.3, 0.4) is 0 Å². The fourth-order valence-corrected chi connectivity index (χ4v) is 3.50. The van der Waals surface area contributed by atoms with Crippen molar-refractivity contribution in [3.05, 3.63) is 34.9 Å². The Balaban J connectivity index is 2.01. The van der Waals surface area contributed by atoms with E-state index in [0.717, 1.165) is 24.3 Å². The van der Waals surface area contributed by atoms with Crippen LogP contribution in [-0.2, 0) is 0 Å². The Morgan fingerprint density at radius 1 is 1.11 bits per heavy atom. The number of hydrogen-bond donors (Lipinski definition) is 1. The van der Waals surface area contributed by atoms with E-state index < -0.39 is 0 Å². The van der Waals surface area contributed by atoms with E-state index >= 15 is 0 Å². The normalized spacial score (nSPS) is 23.2. The van der Waals surface area contributed by atoms with E-state index in [0.29, 0.717) is 0 Å². The summed E-state index contributed by atoms with van der Waals surface area (Å²) in [6.45, 7) is 11.3. The van der Waals surface area contributed by atoms with Crippen molar-refractivity contribution < 1.29 is 0 Å². The summed E-state index contributed by atoms with van der Waals surface area (Å²) >= 11 is 0. The Hall–Kier alpha value is -0.820. The van der Waals surface area contributed by atoms with Gasteiger partial charge in [0.1, 0.15) is 0 Å². The molecule has 1 aromatic rings. The highest BCUT2D eigenvalue weighted by atomic mass is 14.9. The molecule has 1 saturated carbocycles. The van der Waals surface area contributed by atoms with Crippen LogP contribution in [0.15, 0.2) is 18.2 Å². The zero-order valence-electron chi connectivity index (χ0n) is 13.0.